The van der Waals surface area contributed by atoms with Crippen molar-refractivity contribution < 1.29 is 19.1 Å². The monoisotopic (exact) mass is 318 g/mol. The molecule has 2 amide bonds. The summed E-state index contributed by atoms with van der Waals surface area (Å²) in [7, 11) is 1.29. The topological polar surface area (TPSA) is 66.9 Å². The van der Waals surface area contributed by atoms with Crippen LogP contribution in [0.1, 0.15) is 12.8 Å². The van der Waals surface area contributed by atoms with Crippen molar-refractivity contribution in [1.82, 2.24) is 9.80 Å². The molecule has 0 spiro atoms. The van der Waals surface area contributed by atoms with E-state index in [0.717, 1.165) is 6.42 Å². The second-order valence-corrected chi connectivity index (χ2v) is 5.56. The SMILES string of the molecule is COC(=O)C(Br)CN1CC(=O)N2CCCC2C1=O. The summed E-state index contributed by atoms with van der Waals surface area (Å²) in [5.41, 5.74) is 0. The zero-order valence-electron chi connectivity index (χ0n) is 10.1. The summed E-state index contributed by atoms with van der Waals surface area (Å²) in [6.07, 6.45) is 1.58. The van der Waals surface area contributed by atoms with Crippen LogP contribution in [0.25, 0.3) is 0 Å². The molecular formula is C11H15BrN2O4. The van der Waals surface area contributed by atoms with Gasteiger partial charge in [0.15, 0.2) is 0 Å². The van der Waals surface area contributed by atoms with Gasteiger partial charge >= 0.3 is 5.97 Å². The highest BCUT2D eigenvalue weighted by molar-refractivity contribution is 9.10. The van der Waals surface area contributed by atoms with E-state index in [1.807, 2.05) is 0 Å². The highest BCUT2D eigenvalue weighted by Gasteiger charge is 2.42. The van der Waals surface area contributed by atoms with Gasteiger partial charge < -0.3 is 14.5 Å². The van der Waals surface area contributed by atoms with Crippen molar-refractivity contribution >= 4 is 33.7 Å². The number of hydrogen-bond acceptors (Lipinski definition) is 4. The smallest absolute Gasteiger partial charge is 0.321 e. The van der Waals surface area contributed by atoms with Crippen LogP contribution in [0, 0.1) is 0 Å². The Kier molecular flexibility index (Phi) is 3.89. The Morgan fingerprint density at radius 2 is 2.28 bits per heavy atom. The van der Waals surface area contributed by atoms with Gasteiger partial charge in [-0.1, -0.05) is 15.9 Å². The zero-order chi connectivity index (χ0) is 13.3. The summed E-state index contributed by atoms with van der Waals surface area (Å²) in [4.78, 5) is 37.8. The molecule has 18 heavy (non-hydrogen) atoms. The van der Waals surface area contributed by atoms with Gasteiger partial charge in [-0.15, -0.1) is 0 Å². The van der Waals surface area contributed by atoms with Gasteiger partial charge in [0.25, 0.3) is 0 Å². The Bertz CT molecular complexity index is 387. The number of fused-ring (bicyclic) bond motifs is 1. The fraction of sp³-hybridized carbons (Fsp3) is 0.727. The first-order valence-corrected chi connectivity index (χ1v) is 6.76. The molecule has 100 valence electrons. The Morgan fingerprint density at radius 1 is 1.56 bits per heavy atom. The Labute approximate surface area is 113 Å². The molecule has 2 heterocycles. The van der Waals surface area contributed by atoms with Crippen molar-refractivity contribution in [2.24, 2.45) is 0 Å². The van der Waals surface area contributed by atoms with Gasteiger partial charge in [-0.2, -0.15) is 0 Å². The molecule has 0 N–H and O–H groups in total. The number of hydrogen-bond donors (Lipinski definition) is 0. The number of carbonyl (C=O) groups excluding carboxylic acids is 3. The van der Waals surface area contributed by atoms with Crippen LogP contribution in [0.3, 0.4) is 0 Å². The van der Waals surface area contributed by atoms with Crippen molar-refractivity contribution in [1.29, 1.82) is 0 Å². The van der Waals surface area contributed by atoms with Crippen LogP contribution in [0.5, 0.6) is 0 Å². The minimum Gasteiger partial charge on any atom is -0.468 e. The van der Waals surface area contributed by atoms with Gasteiger partial charge in [0.2, 0.25) is 11.8 Å². The Morgan fingerprint density at radius 3 is 2.94 bits per heavy atom. The molecule has 0 aromatic carbocycles. The molecule has 0 radical (unpaired) electrons. The number of carbonyl (C=O) groups is 3. The molecule has 2 rings (SSSR count). The van der Waals surface area contributed by atoms with Gasteiger partial charge in [0.1, 0.15) is 10.9 Å². The van der Waals surface area contributed by atoms with Gasteiger partial charge in [0, 0.05) is 13.1 Å². The first kappa shape index (κ1) is 13.3. The normalized spacial score (nSPS) is 25.1. The van der Waals surface area contributed by atoms with Crippen molar-refractivity contribution in [3.63, 3.8) is 0 Å². The van der Waals surface area contributed by atoms with Crippen molar-refractivity contribution in [3.05, 3.63) is 0 Å². The van der Waals surface area contributed by atoms with E-state index in [0.29, 0.717) is 13.0 Å². The number of halogens is 1. The zero-order valence-corrected chi connectivity index (χ0v) is 11.7. The summed E-state index contributed by atoms with van der Waals surface area (Å²) in [6.45, 7) is 0.883. The first-order valence-electron chi connectivity index (χ1n) is 5.84. The molecule has 2 aliphatic rings. The van der Waals surface area contributed by atoms with E-state index in [1.54, 1.807) is 4.90 Å². The summed E-state index contributed by atoms with van der Waals surface area (Å²) < 4.78 is 4.58. The lowest BCUT2D eigenvalue weighted by atomic mass is 10.1. The number of amides is 2. The summed E-state index contributed by atoms with van der Waals surface area (Å²) in [5.74, 6) is -0.550. The van der Waals surface area contributed by atoms with Crippen LogP contribution in [0.2, 0.25) is 0 Å². The van der Waals surface area contributed by atoms with E-state index >= 15 is 0 Å². The Balaban J connectivity index is 2.03. The molecule has 2 atom stereocenters. The van der Waals surface area contributed by atoms with E-state index in [-0.39, 0.29) is 30.9 Å². The van der Waals surface area contributed by atoms with Crippen LogP contribution in [0.15, 0.2) is 0 Å². The van der Waals surface area contributed by atoms with Crippen LogP contribution < -0.4 is 0 Å². The Hall–Kier alpha value is -1.11. The highest BCUT2D eigenvalue weighted by Crippen LogP contribution is 2.24. The third kappa shape index (κ3) is 2.36. The number of piperazine rings is 1. The first-order chi connectivity index (χ1) is 8.54. The summed E-state index contributed by atoms with van der Waals surface area (Å²) >= 11 is 3.17. The second-order valence-electron chi connectivity index (χ2n) is 4.45. The van der Waals surface area contributed by atoms with Gasteiger partial charge in [-0.25, -0.2) is 0 Å². The van der Waals surface area contributed by atoms with Crippen LogP contribution in [0.4, 0.5) is 0 Å². The average Bonchev–Trinajstić information content (AvgIpc) is 2.84. The van der Waals surface area contributed by atoms with E-state index in [4.69, 9.17) is 0 Å². The fourth-order valence-electron chi connectivity index (χ4n) is 2.42. The largest absolute Gasteiger partial charge is 0.468 e. The van der Waals surface area contributed by atoms with Gasteiger partial charge in [-0.05, 0) is 12.8 Å². The van der Waals surface area contributed by atoms with Crippen molar-refractivity contribution in [2.75, 3.05) is 26.7 Å². The van der Waals surface area contributed by atoms with Crippen LogP contribution >= 0.6 is 15.9 Å². The van der Waals surface area contributed by atoms with Gasteiger partial charge in [0.05, 0.1) is 13.7 Å². The number of nitrogens with zero attached hydrogens (tertiary/aromatic N) is 2. The number of esters is 1. The van der Waals surface area contributed by atoms with Crippen LogP contribution in [-0.2, 0) is 19.1 Å². The number of methoxy groups -OCH3 is 1. The molecule has 0 aliphatic carbocycles. The van der Waals surface area contributed by atoms with Crippen molar-refractivity contribution in [2.45, 2.75) is 23.7 Å². The lowest BCUT2D eigenvalue weighted by Crippen LogP contribution is -2.58. The van der Waals surface area contributed by atoms with Gasteiger partial charge in [-0.3, -0.25) is 14.4 Å². The molecule has 0 bridgehead atoms. The molecule has 0 aromatic heterocycles. The molecule has 2 fully saturated rings. The average molecular weight is 319 g/mol. The van der Waals surface area contributed by atoms with E-state index in [9.17, 15) is 14.4 Å². The minimum atomic E-state index is -0.591. The lowest BCUT2D eigenvalue weighted by molar-refractivity contribution is -0.154. The maximum atomic E-state index is 12.2. The fourth-order valence-corrected chi connectivity index (χ4v) is 2.95. The summed E-state index contributed by atoms with van der Waals surface area (Å²) in [6, 6.07) is -0.330. The highest BCUT2D eigenvalue weighted by atomic mass is 79.9. The predicted octanol–water partition coefficient (Wildman–Crippen LogP) is -0.244. The molecule has 0 saturated carbocycles. The molecule has 2 unspecified atom stereocenters. The molecule has 2 saturated heterocycles. The molecule has 7 heteroatoms. The quantitative estimate of drug-likeness (QED) is 0.532. The van der Waals surface area contributed by atoms with E-state index < -0.39 is 10.8 Å². The van der Waals surface area contributed by atoms with E-state index in [2.05, 4.69) is 20.7 Å². The number of alkyl halides is 1. The molecular weight excluding hydrogens is 304 g/mol. The molecule has 6 nitrogen and oxygen atoms in total. The third-order valence-electron chi connectivity index (χ3n) is 3.33. The maximum absolute atomic E-state index is 12.2. The summed E-state index contributed by atoms with van der Waals surface area (Å²) in [5, 5.41) is 0. The predicted molar refractivity (Wildman–Crippen MR) is 66.0 cm³/mol. The van der Waals surface area contributed by atoms with Crippen LogP contribution in [-0.4, -0.2) is 65.2 Å². The second kappa shape index (κ2) is 5.26. The molecule has 2 aliphatic heterocycles. The molecule has 0 aromatic rings. The maximum Gasteiger partial charge on any atom is 0.321 e. The minimum absolute atomic E-state index is 0.0401. The standard InChI is InChI=1S/C11H15BrN2O4/c1-18-11(17)7(12)5-13-6-9(15)14-4-2-3-8(14)10(13)16/h7-8H,2-6H2,1H3. The third-order valence-corrected chi connectivity index (χ3v) is 4.00. The van der Waals surface area contributed by atoms with Crippen molar-refractivity contribution in [3.8, 4) is 0 Å². The lowest BCUT2D eigenvalue weighted by Gasteiger charge is -2.36. The van der Waals surface area contributed by atoms with E-state index in [1.165, 1.54) is 12.0 Å². The number of rotatable bonds is 3. The number of ether oxygens (including phenoxy) is 1.